The molecule has 25 heavy (non-hydrogen) atoms. The molecular formula is C20H24F3NO. The summed E-state index contributed by atoms with van der Waals surface area (Å²) in [7, 11) is 1.63. The van der Waals surface area contributed by atoms with Gasteiger partial charge in [-0.3, -0.25) is 0 Å². The highest BCUT2D eigenvalue weighted by Gasteiger charge is 2.30. The minimum Gasteiger partial charge on any atom is -0.497 e. The van der Waals surface area contributed by atoms with Crippen molar-refractivity contribution in [2.24, 2.45) is 0 Å². The molecule has 0 amide bonds. The summed E-state index contributed by atoms with van der Waals surface area (Å²) in [6.45, 7) is 4.11. The van der Waals surface area contributed by atoms with Gasteiger partial charge in [-0.25, -0.2) is 0 Å². The lowest BCUT2D eigenvalue weighted by atomic mass is 10.0. The fraction of sp³-hybridized carbons (Fsp3) is 0.400. The number of benzene rings is 2. The van der Waals surface area contributed by atoms with Crippen molar-refractivity contribution in [3.05, 3.63) is 65.2 Å². The van der Waals surface area contributed by atoms with Gasteiger partial charge < -0.3 is 10.1 Å². The molecule has 0 bridgehead atoms. The minimum atomic E-state index is -4.29. The molecule has 0 heterocycles. The maximum atomic E-state index is 12.8. The molecule has 0 aromatic heterocycles. The van der Waals surface area contributed by atoms with Crippen molar-refractivity contribution < 1.29 is 17.9 Å². The zero-order chi connectivity index (χ0) is 18.4. The molecule has 5 heteroatoms. The van der Waals surface area contributed by atoms with Crippen molar-refractivity contribution in [2.45, 2.75) is 44.9 Å². The summed E-state index contributed by atoms with van der Waals surface area (Å²) < 4.78 is 43.5. The number of aryl methyl sites for hydroxylation is 1. The summed E-state index contributed by atoms with van der Waals surface area (Å²) in [4.78, 5) is 0. The molecule has 2 aromatic carbocycles. The van der Waals surface area contributed by atoms with Gasteiger partial charge in [-0.1, -0.05) is 30.3 Å². The normalized spacial score (nSPS) is 14.2. The van der Waals surface area contributed by atoms with E-state index in [4.69, 9.17) is 4.74 Å². The molecule has 0 saturated carbocycles. The van der Waals surface area contributed by atoms with Gasteiger partial charge in [0.15, 0.2) is 0 Å². The van der Waals surface area contributed by atoms with E-state index in [1.165, 1.54) is 12.1 Å². The fourth-order valence-electron chi connectivity index (χ4n) is 2.80. The Balaban J connectivity index is 1.91. The van der Waals surface area contributed by atoms with Crippen molar-refractivity contribution in [1.82, 2.24) is 5.32 Å². The summed E-state index contributed by atoms with van der Waals surface area (Å²) >= 11 is 0. The molecule has 2 rings (SSSR count). The van der Waals surface area contributed by atoms with Gasteiger partial charge in [0.25, 0.3) is 0 Å². The molecule has 0 radical (unpaired) electrons. The zero-order valence-corrected chi connectivity index (χ0v) is 14.7. The van der Waals surface area contributed by atoms with Crippen LogP contribution in [0.25, 0.3) is 0 Å². The Bertz CT molecular complexity index is 685. The number of methoxy groups -OCH3 is 1. The molecule has 0 spiro atoms. The van der Waals surface area contributed by atoms with E-state index in [9.17, 15) is 13.2 Å². The van der Waals surface area contributed by atoms with Crippen molar-refractivity contribution in [3.8, 4) is 5.75 Å². The molecule has 2 aromatic rings. The van der Waals surface area contributed by atoms with Gasteiger partial charge in [0.2, 0.25) is 0 Å². The maximum Gasteiger partial charge on any atom is 0.416 e. The van der Waals surface area contributed by atoms with Crippen LogP contribution >= 0.6 is 0 Å². The monoisotopic (exact) mass is 351 g/mol. The highest BCUT2D eigenvalue weighted by molar-refractivity contribution is 5.30. The largest absolute Gasteiger partial charge is 0.497 e. The van der Waals surface area contributed by atoms with Crippen LogP contribution in [0.5, 0.6) is 5.75 Å². The first-order chi connectivity index (χ1) is 11.8. The molecular weight excluding hydrogens is 327 g/mol. The van der Waals surface area contributed by atoms with Crippen LogP contribution in [0.1, 0.15) is 43.0 Å². The predicted octanol–water partition coefficient (Wildman–Crippen LogP) is 5.39. The standard InChI is InChI=1S/C20H24F3NO/c1-14(24-15(2)17-7-5-9-19(13-17)25-3)10-11-16-6-4-8-18(12-16)20(21,22)23/h4-9,12-15,24H,10-11H2,1-3H3/t14-,15-/m1/s1. The summed E-state index contributed by atoms with van der Waals surface area (Å²) in [5, 5.41) is 3.48. The lowest BCUT2D eigenvalue weighted by molar-refractivity contribution is -0.137. The topological polar surface area (TPSA) is 21.3 Å². The molecule has 136 valence electrons. The molecule has 0 aliphatic rings. The lowest BCUT2D eigenvalue weighted by Crippen LogP contribution is -2.29. The molecule has 1 N–H and O–H groups in total. The third-order valence-electron chi connectivity index (χ3n) is 4.25. The third-order valence-corrected chi connectivity index (χ3v) is 4.25. The van der Waals surface area contributed by atoms with E-state index in [2.05, 4.69) is 12.2 Å². The number of hydrogen-bond donors (Lipinski definition) is 1. The Hall–Kier alpha value is -2.01. The molecule has 2 nitrogen and oxygen atoms in total. The second-order valence-corrected chi connectivity index (χ2v) is 6.30. The summed E-state index contributed by atoms with van der Waals surface area (Å²) in [5.74, 6) is 0.808. The van der Waals surface area contributed by atoms with Gasteiger partial charge >= 0.3 is 6.18 Å². The van der Waals surface area contributed by atoms with E-state index < -0.39 is 11.7 Å². The SMILES string of the molecule is COc1cccc([C@@H](C)N[C@H](C)CCc2cccc(C(F)(F)F)c2)c1. The number of nitrogens with one attached hydrogen (secondary N) is 1. The molecule has 0 fully saturated rings. The van der Waals surface area contributed by atoms with E-state index >= 15 is 0 Å². The van der Waals surface area contributed by atoms with Gasteiger partial charge in [0.1, 0.15) is 5.75 Å². The Morgan fingerprint density at radius 2 is 1.76 bits per heavy atom. The average molecular weight is 351 g/mol. The number of ether oxygens (including phenoxy) is 1. The van der Waals surface area contributed by atoms with Gasteiger partial charge in [-0.15, -0.1) is 0 Å². The van der Waals surface area contributed by atoms with Gasteiger partial charge in [-0.05, 0) is 56.0 Å². The average Bonchev–Trinajstić information content (AvgIpc) is 2.59. The van der Waals surface area contributed by atoms with E-state index in [1.807, 2.05) is 31.2 Å². The minimum absolute atomic E-state index is 0.131. The molecule has 0 saturated heterocycles. The van der Waals surface area contributed by atoms with Crippen LogP contribution in [0, 0.1) is 0 Å². The summed E-state index contributed by atoms with van der Waals surface area (Å²) in [5.41, 5.74) is 1.23. The van der Waals surface area contributed by atoms with E-state index in [0.717, 1.165) is 23.8 Å². The smallest absolute Gasteiger partial charge is 0.416 e. The first kappa shape index (κ1) is 19.3. The summed E-state index contributed by atoms with van der Waals surface area (Å²) in [6, 6.07) is 13.7. The van der Waals surface area contributed by atoms with Crippen LogP contribution in [0.2, 0.25) is 0 Å². The highest BCUT2D eigenvalue weighted by Crippen LogP contribution is 2.29. The predicted molar refractivity (Wildman–Crippen MR) is 93.8 cm³/mol. The molecule has 2 atom stereocenters. The van der Waals surface area contributed by atoms with Crippen molar-refractivity contribution >= 4 is 0 Å². The Morgan fingerprint density at radius 3 is 2.44 bits per heavy atom. The van der Waals surface area contributed by atoms with Gasteiger partial charge in [-0.2, -0.15) is 13.2 Å². The third kappa shape index (κ3) is 5.78. The first-order valence-corrected chi connectivity index (χ1v) is 8.35. The van der Waals surface area contributed by atoms with Crippen LogP contribution in [-0.2, 0) is 12.6 Å². The van der Waals surface area contributed by atoms with E-state index in [-0.39, 0.29) is 12.1 Å². The van der Waals surface area contributed by atoms with Crippen LogP contribution in [0.15, 0.2) is 48.5 Å². The fourth-order valence-corrected chi connectivity index (χ4v) is 2.80. The van der Waals surface area contributed by atoms with Crippen LogP contribution in [0.4, 0.5) is 13.2 Å². The molecule has 0 aliphatic heterocycles. The Labute approximate surface area is 147 Å². The van der Waals surface area contributed by atoms with Crippen molar-refractivity contribution in [3.63, 3.8) is 0 Å². The first-order valence-electron chi connectivity index (χ1n) is 8.35. The van der Waals surface area contributed by atoms with E-state index in [1.54, 1.807) is 13.2 Å². The van der Waals surface area contributed by atoms with Gasteiger partial charge in [0, 0.05) is 12.1 Å². The molecule has 0 unspecified atom stereocenters. The number of halogens is 3. The van der Waals surface area contributed by atoms with E-state index in [0.29, 0.717) is 12.0 Å². The second-order valence-electron chi connectivity index (χ2n) is 6.30. The summed E-state index contributed by atoms with van der Waals surface area (Å²) in [6.07, 6.45) is -2.93. The Kier molecular flexibility index (Phi) is 6.48. The molecule has 0 aliphatic carbocycles. The number of rotatable bonds is 7. The lowest BCUT2D eigenvalue weighted by Gasteiger charge is -2.21. The van der Waals surface area contributed by atoms with Crippen molar-refractivity contribution in [2.75, 3.05) is 7.11 Å². The van der Waals surface area contributed by atoms with Crippen LogP contribution < -0.4 is 10.1 Å². The van der Waals surface area contributed by atoms with Crippen LogP contribution in [-0.4, -0.2) is 13.2 Å². The highest BCUT2D eigenvalue weighted by atomic mass is 19.4. The van der Waals surface area contributed by atoms with Crippen molar-refractivity contribution in [1.29, 1.82) is 0 Å². The zero-order valence-electron chi connectivity index (χ0n) is 14.7. The number of hydrogen-bond acceptors (Lipinski definition) is 2. The van der Waals surface area contributed by atoms with Gasteiger partial charge in [0.05, 0.1) is 12.7 Å². The maximum absolute atomic E-state index is 12.8. The van der Waals surface area contributed by atoms with Crippen LogP contribution in [0.3, 0.4) is 0 Å². The number of alkyl halides is 3. The Morgan fingerprint density at radius 1 is 1.04 bits per heavy atom. The second kappa shape index (κ2) is 8.39. The quantitative estimate of drug-likeness (QED) is 0.722.